The Morgan fingerprint density at radius 1 is 1.03 bits per heavy atom. The van der Waals surface area contributed by atoms with E-state index in [1.54, 1.807) is 18.2 Å². The van der Waals surface area contributed by atoms with Gasteiger partial charge in [-0.25, -0.2) is 9.82 Å². The van der Waals surface area contributed by atoms with Crippen LogP contribution < -0.4 is 10.2 Å². The van der Waals surface area contributed by atoms with Crippen LogP contribution in [0, 0.1) is 5.82 Å². The van der Waals surface area contributed by atoms with Crippen molar-refractivity contribution >= 4 is 12.1 Å². The fourth-order valence-electron chi connectivity index (χ4n) is 3.01. The van der Waals surface area contributed by atoms with Gasteiger partial charge in [-0.3, -0.25) is 9.89 Å². The van der Waals surface area contributed by atoms with Gasteiger partial charge < -0.3 is 4.74 Å². The molecule has 0 saturated carbocycles. The third-order valence-electron chi connectivity index (χ3n) is 4.72. The summed E-state index contributed by atoms with van der Waals surface area (Å²) in [4.78, 5) is 12.2. The number of aromatic amines is 1. The number of hydrogen-bond donors (Lipinski definition) is 2. The van der Waals surface area contributed by atoms with Gasteiger partial charge in [0.1, 0.15) is 17.3 Å². The molecule has 0 fully saturated rings. The summed E-state index contributed by atoms with van der Waals surface area (Å²) in [5.41, 5.74) is 6.08. The lowest BCUT2D eigenvalue weighted by molar-refractivity contribution is 0.0950. The summed E-state index contributed by atoms with van der Waals surface area (Å²) < 4.78 is 18.7. The molecule has 0 radical (unpaired) electrons. The van der Waals surface area contributed by atoms with Crippen LogP contribution in [0.15, 0.2) is 90.0 Å². The molecule has 0 saturated heterocycles. The van der Waals surface area contributed by atoms with E-state index in [4.69, 9.17) is 4.74 Å². The lowest BCUT2D eigenvalue weighted by atomic mass is 10.1. The molecule has 4 aromatic rings. The van der Waals surface area contributed by atoms with Crippen molar-refractivity contribution in [3.05, 3.63) is 108 Å². The quantitative estimate of drug-likeness (QED) is 0.318. The van der Waals surface area contributed by atoms with Gasteiger partial charge in [-0.15, -0.1) is 0 Å². The molecule has 0 aliphatic carbocycles. The average molecular weight is 428 g/mol. The van der Waals surface area contributed by atoms with Crippen molar-refractivity contribution in [1.82, 2.24) is 15.6 Å². The van der Waals surface area contributed by atoms with Crippen LogP contribution in [0.4, 0.5) is 4.39 Å². The Labute approximate surface area is 184 Å². The molecule has 0 aliphatic heterocycles. The highest BCUT2D eigenvalue weighted by atomic mass is 19.1. The second-order valence-electron chi connectivity index (χ2n) is 7.03. The van der Waals surface area contributed by atoms with E-state index in [0.717, 1.165) is 17.7 Å². The number of nitrogens with zero attached hydrogens (tertiary/aromatic N) is 2. The largest absolute Gasteiger partial charge is 0.493 e. The Morgan fingerprint density at radius 2 is 1.78 bits per heavy atom. The van der Waals surface area contributed by atoms with Gasteiger partial charge in [-0.1, -0.05) is 42.5 Å². The van der Waals surface area contributed by atoms with Crippen molar-refractivity contribution in [3.8, 4) is 17.0 Å². The lowest BCUT2D eigenvalue weighted by Gasteiger charge is -2.06. The van der Waals surface area contributed by atoms with Crippen LogP contribution in [0.1, 0.15) is 21.6 Å². The van der Waals surface area contributed by atoms with E-state index >= 15 is 0 Å². The molecule has 0 bridgehead atoms. The number of rotatable bonds is 8. The zero-order valence-electron chi connectivity index (χ0n) is 17.2. The molecule has 32 heavy (non-hydrogen) atoms. The number of nitrogens with one attached hydrogen (secondary N) is 2. The molecule has 3 aromatic carbocycles. The zero-order chi connectivity index (χ0) is 22.2. The topological polar surface area (TPSA) is 79.4 Å². The standard InChI is InChI=1S/C25H21FN4O2/c26-21-10-6-19(7-11-21)17-27-30-25(31)24-16-23(28-29-24)20-8-12-22(13-9-20)32-15-14-18-4-2-1-3-5-18/h1-13,16-17H,14-15H2,(H,28,29)(H,30,31)/b27-17-. The maximum atomic E-state index is 12.9. The third kappa shape index (κ3) is 5.66. The average Bonchev–Trinajstić information content (AvgIpc) is 3.32. The van der Waals surface area contributed by atoms with Crippen molar-refractivity contribution in [2.24, 2.45) is 5.10 Å². The Balaban J connectivity index is 1.30. The number of amides is 1. The second kappa shape index (κ2) is 10.2. The van der Waals surface area contributed by atoms with Crippen LogP contribution in [0.3, 0.4) is 0 Å². The molecule has 0 aliphatic rings. The van der Waals surface area contributed by atoms with E-state index in [1.807, 2.05) is 42.5 Å². The predicted octanol–water partition coefficient (Wildman–Crippen LogP) is 4.60. The fraction of sp³-hybridized carbons (Fsp3) is 0.0800. The maximum absolute atomic E-state index is 12.9. The van der Waals surface area contributed by atoms with E-state index in [0.29, 0.717) is 17.9 Å². The SMILES string of the molecule is O=C(N/N=C\c1ccc(F)cc1)c1cc(-c2ccc(OCCc3ccccc3)cc2)n[nH]1. The zero-order valence-corrected chi connectivity index (χ0v) is 17.2. The van der Waals surface area contributed by atoms with Crippen LogP contribution in [0.2, 0.25) is 0 Å². The normalized spacial score (nSPS) is 10.9. The van der Waals surface area contributed by atoms with Gasteiger partial charge in [0.25, 0.3) is 5.91 Å². The Kier molecular flexibility index (Phi) is 6.67. The van der Waals surface area contributed by atoms with Crippen LogP contribution in [0.5, 0.6) is 5.75 Å². The number of benzene rings is 3. The number of aromatic nitrogens is 2. The van der Waals surface area contributed by atoms with E-state index in [9.17, 15) is 9.18 Å². The number of carbonyl (C=O) groups is 1. The van der Waals surface area contributed by atoms with E-state index < -0.39 is 5.91 Å². The maximum Gasteiger partial charge on any atom is 0.289 e. The molecule has 0 unspecified atom stereocenters. The van der Waals surface area contributed by atoms with Crippen molar-refractivity contribution in [1.29, 1.82) is 0 Å². The van der Waals surface area contributed by atoms with Crippen molar-refractivity contribution in [2.75, 3.05) is 6.61 Å². The summed E-state index contributed by atoms with van der Waals surface area (Å²) in [6, 6.07) is 25.1. The van der Waals surface area contributed by atoms with Gasteiger partial charge in [0, 0.05) is 12.0 Å². The predicted molar refractivity (Wildman–Crippen MR) is 121 cm³/mol. The summed E-state index contributed by atoms with van der Waals surface area (Å²) >= 11 is 0. The molecule has 0 spiro atoms. The van der Waals surface area contributed by atoms with Gasteiger partial charge in [0.2, 0.25) is 0 Å². The highest BCUT2D eigenvalue weighted by molar-refractivity contribution is 5.94. The highest BCUT2D eigenvalue weighted by Crippen LogP contribution is 2.21. The third-order valence-corrected chi connectivity index (χ3v) is 4.72. The molecular formula is C25H21FN4O2. The van der Waals surface area contributed by atoms with Crippen LogP contribution in [-0.2, 0) is 6.42 Å². The van der Waals surface area contributed by atoms with Crippen molar-refractivity contribution < 1.29 is 13.9 Å². The minimum Gasteiger partial charge on any atom is -0.493 e. The number of H-pyrrole nitrogens is 1. The molecule has 6 nitrogen and oxygen atoms in total. The van der Waals surface area contributed by atoms with Gasteiger partial charge in [-0.05, 0) is 53.6 Å². The smallest absolute Gasteiger partial charge is 0.289 e. The number of ether oxygens (including phenoxy) is 1. The Bertz CT molecular complexity index is 1190. The van der Waals surface area contributed by atoms with Crippen molar-refractivity contribution in [3.63, 3.8) is 0 Å². The summed E-state index contributed by atoms with van der Waals surface area (Å²) in [6.07, 6.45) is 2.27. The first-order valence-electron chi connectivity index (χ1n) is 10.1. The van der Waals surface area contributed by atoms with Crippen LogP contribution in [0.25, 0.3) is 11.3 Å². The van der Waals surface area contributed by atoms with Gasteiger partial charge in [0.15, 0.2) is 0 Å². The molecular weight excluding hydrogens is 407 g/mol. The summed E-state index contributed by atoms with van der Waals surface area (Å²) in [6.45, 7) is 0.592. The summed E-state index contributed by atoms with van der Waals surface area (Å²) in [5.74, 6) is 0.0132. The molecule has 4 rings (SSSR count). The van der Waals surface area contributed by atoms with Gasteiger partial charge in [-0.2, -0.15) is 10.2 Å². The molecule has 2 N–H and O–H groups in total. The Morgan fingerprint density at radius 3 is 2.53 bits per heavy atom. The second-order valence-corrected chi connectivity index (χ2v) is 7.03. The molecule has 1 aromatic heterocycles. The summed E-state index contributed by atoms with van der Waals surface area (Å²) in [7, 11) is 0. The molecule has 0 atom stereocenters. The number of halogens is 1. The molecule has 7 heteroatoms. The van der Waals surface area contributed by atoms with E-state index in [2.05, 4.69) is 32.9 Å². The Hall–Kier alpha value is -4.26. The van der Waals surface area contributed by atoms with E-state index in [1.165, 1.54) is 23.9 Å². The summed E-state index contributed by atoms with van der Waals surface area (Å²) in [5, 5.41) is 10.8. The molecule has 1 amide bonds. The lowest BCUT2D eigenvalue weighted by Crippen LogP contribution is -2.17. The fourth-order valence-corrected chi connectivity index (χ4v) is 3.01. The van der Waals surface area contributed by atoms with Gasteiger partial charge >= 0.3 is 0 Å². The number of carbonyl (C=O) groups excluding carboxylic acids is 1. The first-order chi connectivity index (χ1) is 15.7. The number of hydrazone groups is 1. The minimum absolute atomic E-state index is 0.277. The van der Waals surface area contributed by atoms with Gasteiger partial charge in [0.05, 0.1) is 18.5 Å². The first-order valence-corrected chi connectivity index (χ1v) is 10.1. The van der Waals surface area contributed by atoms with Crippen LogP contribution >= 0.6 is 0 Å². The first kappa shape index (κ1) is 21.0. The van der Waals surface area contributed by atoms with Crippen LogP contribution in [-0.4, -0.2) is 28.9 Å². The molecule has 1 heterocycles. The molecule has 160 valence electrons. The number of hydrogen-bond acceptors (Lipinski definition) is 4. The monoisotopic (exact) mass is 428 g/mol. The van der Waals surface area contributed by atoms with E-state index in [-0.39, 0.29) is 11.5 Å². The highest BCUT2D eigenvalue weighted by Gasteiger charge is 2.10. The minimum atomic E-state index is -0.428. The van der Waals surface area contributed by atoms with Crippen molar-refractivity contribution in [2.45, 2.75) is 6.42 Å².